The zero-order chi connectivity index (χ0) is 20.3. The van der Waals surface area contributed by atoms with Gasteiger partial charge in [-0.1, -0.05) is 11.6 Å². The fourth-order valence-electron chi connectivity index (χ4n) is 3.65. The van der Waals surface area contributed by atoms with Crippen LogP contribution >= 0.6 is 11.6 Å². The second kappa shape index (κ2) is 8.51. The van der Waals surface area contributed by atoms with Crippen LogP contribution in [0.4, 0.5) is 5.69 Å². The lowest BCUT2D eigenvalue weighted by Gasteiger charge is -2.32. The SMILES string of the molecule is COc1cc2c(cc1OC)[C@H](C)[NH+](CC(=O)Nc1cc(Cl)ccc1C#N)CC2. The lowest BCUT2D eigenvalue weighted by atomic mass is 9.93. The minimum absolute atomic E-state index is 0.129. The highest BCUT2D eigenvalue weighted by atomic mass is 35.5. The summed E-state index contributed by atoms with van der Waals surface area (Å²) in [6, 6.07) is 11.1. The Bertz CT molecular complexity index is 939. The van der Waals surface area contributed by atoms with Crippen LogP contribution in [0, 0.1) is 11.3 Å². The fraction of sp³-hybridized carbons (Fsp3) is 0.333. The monoisotopic (exact) mass is 400 g/mol. The Morgan fingerprint density at radius 2 is 2.00 bits per heavy atom. The van der Waals surface area contributed by atoms with E-state index >= 15 is 0 Å². The number of rotatable bonds is 5. The molecule has 2 aromatic rings. The minimum atomic E-state index is -0.149. The molecule has 3 rings (SSSR count). The van der Waals surface area contributed by atoms with E-state index in [2.05, 4.69) is 18.3 Å². The van der Waals surface area contributed by atoms with Gasteiger partial charge < -0.3 is 19.7 Å². The first kappa shape index (κ1) is 20.0. The summed E-state index contributed by atoms with van der Waals surface area (Å²) in [7, 11) is 3.25. The highest BCUT2D eigenvalue weighted by molar-refractivity contribution is 6.31. The molecule has 2 atom stereocenters. The van der Waals surface area contributed by atoms with E-state index in [4.69, 9.17) is 21.1 Å². The van der Waals surface area contributed by atoms with E-state index in [1.165, 1.54) is 5.56 Å². The zero-order valence-corrected chi connectivity index (χ0v) is 16.9. The van der Waals surface area contributed by atoms with Gasteiger partial charge in [0.2, 0.25) is 0 Å². The molecule has 0 spiro atoms. The van der Waals surface area contributed by atoms with Crippen LogP contribution in [0.2, 0.25) is 5.02 Å². The maximum absolute atomic E-state index is 12.6. The largest absolute Gasteiger partial charge is 0.493 e. The smallest absolute Gasteiger partial charge is 0.279 e. The van der Waals surface area contributed by atoms with Gasteiger partial charge in [0.05, 0.1) is 32.0 Å². The Balaban J connectivity index is 1.75. The van der Waals surface area contributed by atoms with E-state index < -0.39 is 0 Å². The molecule has 28 heavy (non-hydrogen) atoms. The number of benzene rings is 2. The summed E-state index contributed by atoms with van der Waals surface area (Å²) in [6.45, 7) is 3.23. The number of nitriles is 1. The van der Waals surface area contributed by atoms with Crippen LogP contribution in [0.3, 0.4) is 0 Å². The summed E-state index contributed by atoms with van der Waals surface area (Å²) in [6.07, 6.45) is 0.850. The van der Waals surface area contributed by atoms with Crippen LogP contribution in [-0.2, 0) is 11.2 Å². The molecule has 0 saturated carbocycles. The minimum Gasteiger partial charge on any atom is -0.493 e. The molecular weight excluding hydrogens is 378 g/mol. The third-order valence-electron chi connectivity index (χ3n) is 5.20. The third kappa shape index (κ3) is 4.06. The Labute approximate surface area is 169 Å². The molecule has 146 valence electrons. The van der Waals surface area contributed by atoms with Crippen LogP contribution in [0.15, 0.2) is 30.3 Å². The molecule has 7 heteroatoms. The number of hydrogen-bond acceptors (Lipinski definition) is 4. The quantitative estimate of drug-likeness (QED) is 0.808. The van der Waals surface area contributed by atoms with E-state index in [9.17, 15) is 10.1 Å². The van der Waals surface area contributed by atoms with Crippen molar-refractivity contribution in [1.82, 2.24) is 0 Å². The Kier molecular flexibility index (Phi) is 6.08. The van der Waals surface area contributed by atoms with Gasteiger partial charge in [0.25, 0.3) is 5.91 Å². The highest BCUT2D eigenvalue weighted by Gasteiger charge is 2.30. The van der Waals surface area contributed by atoms with Crippen molar-refractivity contribution in [2.75, 3.05) is 32.6 Å². The molecule has 0 saturated heterocycles. The van der Waals surface area contributed by atoms with Crippen LogP contribution in [-0.4, -0.2) is 33.2 Å². The molecule has 1 aliphatic heterocycles. The Morgan fingerprint density at radius 3 is 2.68 bits per heavy atom. The number of amides is 1. The third-order valence-corrected chi connectivity index (χ3v) is 5.44. The van der Waals surface area contributed by atoms with Crippen molar-refractivity contribution in [3.8, 4) is 17.6 Å². The number of carbonyl (C=O) groups excluding carboxylic acids is 1. The van der Waals surface area contributed by atoms with Crippen LogP contribution < -0.4 is 19.7 Å². The van der Waals surface area contributed by atoms with Crippen molar-refractivity contribution in [3.05, 3.63) is 52.0 Å². The lowest BCUT2D eigenvalue weighted by Crippen LogP contribution is -3.14. The molecule has 1 unspecified atom stereocenters. The predicted octanol–water partition coefficient (Wildman–Crippen LogP) is 2.37. The van der Waals surface area contributed by atoms with Crippen molar-refractivity contribution in [1.29, 1.82) is 5.26 Å². The average Bonchev–Trinajstić information content (AvgIpc) is 2.69. The maximum atomic E-state index is 12.6. The van der Waals surface area contributed by atoms with E-state index in [-0.39, 0.29) is 11.9 Å². The predicted molar refractivity (Wildman–Crippen MR) is 107 cm³/mol. The summed E-state index contributed by atoms with van der Waals surface area (Å²) in [4.78, 5) is 13.8. The van der Waals surface area contributed by atoms with Gasteiger partial charge >= 0.3 is 0 Å². The summed E-state index contributed by atoms with van der Waals surface area (Å²) < 4.78 is 10.8. The second-order valence-electron chi connectivity index (χ2n) is 6.81. The second-order valence-corrected chi connectivity index (χ2v) is 7.25. The zero-order valence-electron chi connectivity index (χ0n) is 16.1. The molecule has 2 aromatic carbocycles. The topological polar surface area (TPSA) is 75.8 Å². The number of nitrogens with one attached hydrogen (secondary N) is 2. The first-order chi connectivity index (χ1) is 13.5. The number of quaternary nitrogens is 1. The number of ether oxygens (including phenoxy) is 2. The Morgan fingerprint density at radius 1 is 1.29 bits per heavy atom. The van der Waals surface area contributed by atoms with E-state index in [1.807, 2.05) is 12.1 Å². The van der Waals surface area contributed by atoms with Crippen LogP contribution in [0.1, 0.15) is 29.7 Å². The molecular formula is C21H23ClN3O3+. The fourth-order valence-corrected chi connectivity index (χ4v) is 3.82. The summed E-state index contributed by atoms with van der Waals surface area (Å²) in [5, 5.41) is 12.5. The standard InChI is InChI=1S/C21H22ClN3O3/c1-13-17-10-20(28-3)19(27-2)8-14(17)6-7-25(13)12-21(26)24-18-9-16(22)5-4-15(18)11-23/h4-5,8-10,13H,6-7,12H2,1-3H3,(H,24,26)/p+1/t13-/m0/s1. The van der Waals surface area contributed by atoms with Crippen molar-refractivity contribution >= 4 is 23.2 Å². The highest BCUT2D eigenvalue weighted by Crippen LogP contribution is 2.33. The molecule has 2 N–H and O–H groups in total. The van der Waals surface area contributed by atoms with Crippen LogP contribution in [0.25, 0.3) is 0 Å². The summed E-state index contributed by atoms with van der Waals surface area (Å²) in [5.41, 5.74) is 3.21. The molecule has 1 aliphatic rings. The number of halogens is 1. The van der Waals surface area contributed by atoms with Crippen molar-refractivity contribution < 1.29 is 19.2 Å². The average molecular weight is 401 g/mol. The maximum Gasteiger partial charge on any atom is 0.279 e. The van der Waals surface area contributed by atoms with Gasteiger partial charge in [-0.15, -0.1) is 0 Å². The Hall–Kier alpha value is -2.75. The number of fused-ring (bicyclic) bond motifs is 1. The normalized spacial score (nSPS) is 18.0. The summed E-state index contributed by atoms with van der Waals surface area (Å²) in [5.74, 6) is 1.26. The lowest BCUT2D eigenvalue weighted by molar-refractivity contribution is -0.924. The number of methoxy groups -OCH3 is 2. The van der Waals surface area contributed by atoms with Gasteiger partial charge in [-0.25, -0.2) is 0 Å². The van der Waals surface area contributed by atoms with E-state index in [0.29, 0.717) is 28.6 Å². The van der Waals surface area contributed by atoms with Crippen molar-refractivity contribution in [2.24, 2.45) is 0 Å². The van der Waals surface area contributed by atoms with Gasteiger partial charge in [0, 0.05) is 17.0 Å². The molecule has 1 amide bonds. The van der Waals surface area contributed by atoms with Crippen molar-refractivity contribution in [3.63, 3.8) is 0 Å². The van der Waals surface area contributed by atoms with E-state index in [1.54, 1.807) is 32.4 Å². The first-order valence-corrected chi connectivity index (χ1v) is 9.43. The van der Waals surface area contributed by atoms with Gasteiger partial charge in [-0.3, -0.25) is 4.79 Å². The molecule has 0 aliphatic carbocycles. The first-order valence-electron chi connectivity index (χ1n) is 9.05. The van der Waals surface area contributed by atoms with Gasteiger partial charge in [0.15, 0.2) is 18.0 Å². The van der Waals surface area contributed by atoms with Gasteiger partial charge in [-0.2, -0.15) is 5.26 Å². The van der Waals surface area contributed by atoms with Crippen molar-refractivity contribution in [2.45, 2.75) is 19.4 Å². The van der Waals surface area contributed by atoms with Gasteiger partial charge in [0.1, 0.15) is 12.1 Å². The number of hydrogen-bond donors (Lipinski definition) is 2. The number of carbonyl (C=O) groups is 1. The van der Waals surface area contributed by atoms with E-state index in [0.717, 1.165) is 29.2 Å². The molecule has 0 bridgehead atoms. The molecule has 1 heterocycles. The molecule has 0 aromatic heterocycles. The number of nitrogens with zero attached hydrogens (tertiary/aromatic N) is 1. The van der Waals surface area contributed by atoms with Gasteiger partial charge in [-0.05, 0) is 42.8 Å². The van der Waals surface area contributed by atoms with Crippen LogP contribution in [0.5, 0.6) is 11.5 Å². The number of anilines is 1. The summed E-state index contributed by atoms with van der Waals surface area (Å²) >= 11 is 5.99. The molecule has 6 nitrogen and oxygen atoms in total. The molecule has 0 radical (unpaired) electrons. The molecule has 0 fully saturated rings.